The monoisotopic (exact) mass is 507 g/mol. The molecule has 0 saturated carbocycles. The molecular weight excluding hydrogens is 494 g/mol. The number of hydrogen-bond donors (Lipinski definition) is 2. The van der Waals surface area contributed by atoms with Crippen LogP contribution in [0.5, 0.6) is 5.75 Å². The van der Waals surface area contributed by atoms with Crippen molar-refractivity contribution in [1.29, 1.82) is 0 Å². The standard InChI is InChI=1S/C19H15Br2N3O4/c20-11-5-6-14(13(21)9-11)22-16(25)10-24-17(26)19(23-18(24)27)7-8-28-15-4-2-1-3-12(15)19/h1-6,9H,7-8,10H2,(H,22,25)(H,23,27)/t19-/m0/s1. The van der Waals surface area contributed by atoms with Gasteiger partial charge in [0, 0.05) is 20.9 Å². The first kappa shape index (κ1) is 18.9. The lowest BCUT2D eigenvalue weighted by Crippen LogP contribution is -2.48. The summed E-state index contributed by atoms with van der Waals surface area (Å²) in [4.78, 5) is 39.1. The van der Waals surface area contributed by atoms with Crippen LogP contribution in [0.15, 0.2) is 51.4 Å². The van der Waals surface area contributed by atoms with E-state index in [1.807, 2.05) is 0 Å². The number of nitrogens with zero attached hydrogens (tertiary/aromatic N) is 1. The first-order valence-electron chi connectivity index (χ1n) is 8.52. The van der Waals surface area contributed by atoms with E-state index < -0.39 is 23.4 Å². The maximum atomic E-state index is 13.1. The summed E-state index contributed by atoms with van der Waals surface area (Å²) in [5, 5.41) is 5.49. The molecule has 0 aromatic heterocycles. The Labute approximate surface area is 177 Å². The van der Waals surface area contributed by atoms with Crippen LogP contribution in [-0.4, -0.2) is 35.9 Å². The quantitative estimate of drug-likeness (QED) is 0.622. The van der Waals surface area contributed by atoms with Crippen molar-refractivity contribution in [3.8, 4) is 5.75 Å². The molecular formula is C19H15Br2N3O4. The molecule has 0 aliphatic carbocycles. The summed E-state index contributed by atoms with van der Waals surface area (Å²) in [6.07, 6.45) is 0.310. The topological polar surface area (TPSA) is 87.7 Å². The lowest BCUT2D eigenvalue weighted by atomic mass is 9.84. The van der Waals surface area contributed by atoms with E-state index in [-0.39, 0.29) is 6.54 Å². The van der Waals surface area contributed by atoms with Crippen LogP contribution in [0.3, 0.4) is 0 Å². The van der Waals surface area contributed by atoms with E-state index in [4.69, 9.17) is 4.74 Å². The van der Waals surface area contributed by atoms with Gasteiger partial charge in [-0.2, -0.15) is 0 Å². The zero-order valence-electron chi connectivity index (χ0n) is 14.5. The number of hydrogen-bond acceptors (Lipinski definition) is 4. The van der Waals surface area contributed by atoms with Crippen LogP contribution in [0, 0.1) is 0 Å². The fourth-order valence-corrected chi connectivity index (χ4v) is 4.59. The second-order valence-electron chi connectivity index (χ2n) is 6.49. The van der Waals surface area contributed by atoms with Gasteiger partial charge in [0.05, 0.1) is 12.3 Å². The van der Waals surface area contributed by atoms with Crippen LogP contribution in [0.25, 0.3) is 0 Å². The first-order valence-corrected chi connectivity index (χ1v) is 10.1. The summed E-state index contributed by atoms with van der Waals surface area (Å²) in [6.45, 7) is -0.0765. The Bertz CT molecular complexity index is 997. The number of fused-ring (bicyclic) bond motifs is 2. The van der Waals surface area contributed by atoms with E-state index in [1.54, 1.807) is 42.5 Å². The number of ether oxygens (including phenoxy) is 1. The molecule has 2 aromatic rings. The number of carbonyl (C=O) groups excluding carboxylic acids is 3. The van der Waals surface area contributed by atoms with Crippen molar-refractivity contribution in [1.82, 2.24) is 10.2 Å². The van der Waals surface area contributed by atoms with Crippen molar-refractivity contribution in [3.63, 3.8) is 0 Å². The average Bonchev–Trinajstić information content (AvgIpc) is 2.89. The Morgan fingerprint density at radius 3 is 2.79 bits per heavy atom. The fraction of sp³-hybridized carbons (Fsp3) is 0.211. The highest BCUT2D eigenvalue weighted by Crippen LogP contribution is 2.40. The molecule has 0 unspecified atom stereocenters. The molecule has 0 bridgehead atoms. The molecule has 4 rings (SSSR count). The Balaban J connectivity index is 1.55. The average molecular weight is 509 g/mol. The van der Waals surface area contributed by atoms with Gasteiger partial charge >= 0.3 is 6.03 Å². The summed E-state index contributed by atoms with van der Waals surface area (Å²) in [6, 6.07) is 11.8. The van der Waals surface area contributed by atoms with Gasteiger partial charge in [-0.05, 0) is 40.2 Å². The summed E-state index contributed by atoms with van der Waals surface area (Å²) in [5.74, 6) is -0.352. The molecule has 2 aliphatic rings. The number of nitrogens with one attached hydrogen (secondary N) is 2. The summed E-state index contributed by atoms with van der Waals surface area (Å²) in [7, 11) is 0. The number of para-hydroxylation sites is 1. The number of carbonyl (C=O) groups is 3. The molecule has 1 saturated heterocycles. The summed E-state index contributed by atoms with van der Waals surface area (Å²) in [5.41, 5.74) is -0.0331. The van der Waals surface area contributed by atoms with Crippen LogP contribution in [0.2, 0.25) is 0 Å². The molecule has 1 fully saturated rings. The van der Waals surface area contributed by atoms with Gasteiger partial charge in [-0.25, -0.2) is 4.79 Å². The Morgan fingerprint density at radius 2 is 2.00 bits per heavy atom. The molecule has 9 heteroatoms. The third-order valence-corrected chi connectivity index (χ3v) is 5.91. The van der Waals surface area contributed by atoms with Crippen LogP contribution >= 0.6 is 31.9 Å². The summed E-state index contributed by atoms with van der Waals surface area (Å²) < 4.78 is 7.14. The van der Waals surface area contributed by atoms with Gasteiger partial charge in [0.25, 0.3) is 5.91 Å². The number of anilines is 1. The molecule has 2 N–H and O–H groups in total. The largest absolute Gasteiger partial charge is 0.493 e. The van der Waals surface area contributed by atoms with Gasteiger partial charge < -0.3 is 15.4 Å². The van der Waals surface area contributed by atoms with E-state index in [9.17, 15) is 14.4 Å². The minimum Gasteiger partial charge on any atom is -0.493 e. The van der Waals surface area contributed by atoms with Crippen LogP contribution in [0.4, 0.5) is 10.5 Å². The molecule has 2 aliphatic heterocycles. The molecule has 7 nitrogen and oxygen atoms in total. The van der Waals surface area contributed by atoms with Gasteiger partial charge in [0.2, 0.25) is 5.91 Å². The summed E-state index contributed by atoms with van der Waals surface area (Å²) >= 11 is 6.71. The predicted molar refractivity (Wildman–Crippen MR) is 109 cm³/mol. The van der Waals surface area contributed by atoms with Crippen LogP contribution in [-0.2, 0) is 15.1 Å². The van der Waals surface area contributed by atoms with Gasteiger partial charge in [-0.3, -0.25) is 14.5 Å². The van der Waals surface area contributed by atoms with E-state index >= 15 is 0 Å². The normalized spacial score (nSPS) is 20.6. The molecule has 0 radical (unpaired) electrons. The number of benzene rings is 2. The van der Waals surface area contributed by atoms with Crippen molar-refractivity contribution in [2.75, 3.05) is 18.5 Å². The molecule has 1 spiro atoms. The van der Waals surface area contributed by atoms with Gasteiger partial charge in [0.1, 0.15) is 12.3 Å². The highest BCUT2D eigenvalue weighted by atomic mass is 79.9. The third-order valence-electron chi connectivity index (χ3n) is 4.76. The molecule has 28 heavy (non-hydrogen) atoms. The zero-order valence-corrected chi connectivity index (χ0v) is 17.7. The Morgan fingerprint density at radius 1 is 1.21 bits per heavy atom. The zero-order chi connectivity index (χ0) is 19.9. The van der Waals surface area contributed by atoms with Crippen LogP contribution in [0.1, 0.15) is 12.0 Å². The Hall–Kier alpha value is -2.39. The Kier molecular flexibility index (Phi) is 4.88. The molecule has 1 atom stereocenters. The smallest absolute Gasteiger partial charge is 0.325 e. The molecule has 144 valence electrons. The van der Waals surface area contributed by atoms with Crippen molar-refractivity contribution < 1.29 is 19.1 Å². The number of amides is 4. The minimum atomic E-state index is -1.19. The van der Waals surface area contributed by atoms with Crippen molar-refractivity contribution >= 4 is 55.4 Å². The van der Waals surface area contributed by atoms with E-state index in [1.165, 1.54) is 0 Å². The predicted octanol–water partition coefficient (Wildman–Crippen LogP) is 3.38. The van der Waals surface area contributed by atoms with Gasteiger partial charge in [0.15, 0.2) is 5.54 Å². The maximum Gasteiger partial charge on any atom is 0.325 e. The molecule has 2 heterocycles. The third kappa shape index (κ3) is 3.18. The lowest BCUT2D eigenvalue weighted by Gasteiger charge is -2.33. The van der Waals surface area contributed by atoms with Gasteiger partial charge in [-0.15, -0.1) is 0 Å². The number of halogens is 2. The lowest BCUT2D eigenvalue weighted by molar-refractivity contribution is -0.135. The van der Waals surface area contributed by atoms with E-state index in [2.05, 4.69) is 42.5 Å². The highest BCUT2D eigenvalue weighted by Gasteiger charge is 2.55. The highest BCUT2D eigenvalue weighted by molar-refractivity contribution is 9.11. The van der Waals surface area contributed by atoms with E-state index in [0.29, 0.717) is 34.5 Å². The van der Waals surface area contributed by atoms with Crippen LogP contribution < -0.4 is 15.4 Å². The van der Waals surface area contributed by atoms with E-state index in [0.717, 1.165) is 9.37 Å². The SMILES string of the molecule is O=C(CN1C(=O)N[C@]2(CCOc3ccccc32)C1=O)Nc1ccc(Br)cc1Br. The van der Waals surface area contributed by atoms with Crippen molar-refractivity contribution in [3.05, 3.63) is 57.0 Å². The fourth-order valence-electron chi connectivity index (χ4n) is 3.44. The number of rotatable bonds is 3. The molecule has 2 aromatic carbocycles. The number of urea groups is 1. The minimum absolute atomic E-state index is 0.301. The van der Waals surface area contributed by atoms with Crippen molar-refractivity contribution in [2.45, 2.75) is 12.0 Å². The van der Waals surface area contributed by atoms with Crippen molar-refractivity contribution in [2.24, 2.45) is 0 Å². The second kappa shape index (κ2) is 7.21. The number of imide groups is 1. The molecule has 4 amide bonds. The first-order chi connectivity index (χ1) is 13.4. The van der Waals surface area contributed by atoms with Gasteiger partial charge in [-0.1, -0.05) is 34.1 Å². The second-order valence-corrected chi connectivity index (χ2v) is 8.26. The maximum absolute atomic E-state index is 13.1.